The van der Waals surface area contributed by atoms with Gasteiger partial charge in [0, 0.05) is 44.1 Å². The van der Waals surface area contributed by atoms with E-state index >= 15 is 0 Å². The van der Waals surface area contributed by atoms with E-state index < -0.39 is 0 Å². The van der Waals surface area contributed by atoms with Crippen LogP contribution in [0, 0.1) is 0 Å². The monoisotopic (exact) mass is 340 g/mol. The van der Waals surface area contributed by atoms with Gasteiger partial charge in [0.2, 0.25) is 0 Å². The van der Waals surface area contributed by atoms with Gasteiger partial charge in [0.05, 0.1) is 18.6 Å². The highest BCUT2D eigenvalue weighted by molar-refractivity contribution is 5.75. The van der Waals surface area contributed by atoms with Crippen molar-refractivity contribution >= 4 is 5.57 Å². The maximum atomic E-state index is 5.88. The van der Waals surface area contributed by atoms with Crippen LogP contribution in [0.5, 0.6) is 0 Å². The van der Waals surface area contributed by atoms with E-state index in [-0.39, 0.29) is 6.23 Å². The number of H-pyrrole nitrogens is 1. The molecule has 2 aromatic rings. The molecule has 0 aromatic carbocycles. The summed E-state index contributed by atoms with van der Waals surface area (Å²) in [4.78, 5) is 10.9. The zero-order chi connectivity index (χ0) is 17.1. The van der Waals surface area contributed by atoms with Crippen LogP contribution in [0.25, 0.3) is 17.1 Å². The highest BCUT2D eigenvalue weighted by Gasteiger charge is 2.28. The molecule has 2 aliphatic heterocycles. The molecule has 0 bridgehead atoms. The number of rotatable bonds is 5. The van der Waals surface area contributed by atoms with Crippen LogP contribution in [0.3, 0.4) is 0 Å². The zero-order valence-electron chi connectivity index (χ0n) is 14.0. The topological polar surface area (TPSA) is 88.2 Å². The lowest BCUT2D eigenvalue weighted by atomic mass is 10.0. The van der Waals surface area contributed by atoms with E-state index in [4.69, 9.17) is 9.47 Å². The van der Waals surface area contributed by atoms with E-state index in [0.717, 1.165) is 42.2 Å². The number of piperazine rings is 1. The number of methoxy groups -OCH3 is 1. The molecule has 8 heteroatoms. The smallest absolute Gasteiger partial charge is 0.199 e. The van der Waals surface area contributed by atoms with Crippen molar-refractivity contribution in [3.8, 4) is 11.5 Å². The first kappa shape index (κ1) is 15.8. The number of nitrogens with one attached hydrogen (secondary N) is 2. The fraction of sp³-hybridized carbons (Fsp3) is 0.353. The van der Waals surface area contributed by atoms with E-state index in [1.54, 1.807) is 13.4 Å². The molecule has 0 radical (unpaired) electrons. The van der Waals surface area contributed by atoms with Crippen molar-refractivity contribution in [3.05, 3.63) is 48.3 Å². The number of allylic oxidation sites excluding steroid dienone is 2. The van der Waals surface area contributed by atoms with E-state index in [9.17, 15) is 0 Å². The number of fused-ring (bicyclic) bond motifs is 1. The second-order valence-electron chi connectivity index (χ2n) is 5.85. The Morgan fingerprint density at radius 3 is 3.08 bits per heavy atom. The number of pyridine rings is 1. The van der Waals surface area contributed by atoms with Crippen LogP contribution in [-0.2, 0) is 9.47 Å². The van der Waals surface area contributed by atoms with Gasteiger partial charge in [-0.3, -0.25) is 15.4 Å². The number of aromatic amines is 1. The number of nitrogens with zero attached hydrogens (tertiary/aromatic N) is 4. The second-order valence-corrected chi connectivity index (χ2v) is 5.85. The van der Waals surface area contributed by atoms with Crippen LogP contribution in [-0.4, -0.2) is 64.6 Å². The Morgan fingerprint density at radius 1 is 1.36 bits per heavy atom. The molecule has 1 unspecified atom stereocenters. The van der Waals surface area contributed by atoms with Crippen LogP contribution >= 0.6 is 0 Å². The van der Waals surface area contributed by atoms with Crippen LogP contribution in [0.15, 0.2) is 42.7 Å². The summed E-state index contributed by atoms with van der Waals surface area (Å²) in [6.07, 6.45) is 7.19. The van der Waals surface area contributed by atoms with Gasteiger partial charge in [0.15, 0.2) is 12.1 Å². The molecule has 8 nitrogen and oxygen atoms in total. The summed E-state index contributed by atoms with van der Waals surface area (Å²) in [5.41, 5.74) is 3.83. The van der Waals surface area contributed by atoms with Gasteiger partial charge in [-0.05, 0) is 12.1 Å². The molecule has 2 aliphatic rings. The van der Waals surface area contributed by atoms with Crippen LogP contribution < -0.4 is 5.32 Å². The van der Waals surface area contributed by atoms with Gasteiger partial charge < -0.3 is 14.4 Å². The minimum absolute atomic E-state index is 0.102. The quantitative estimate of drug-likeness (QED) is 0.839. The summed E-state index contributed by atoms with van der Waals surface area (Å²) in [5, 5.41) is 10.1. The Bertz CT molecular complexity index is 769. The van der Waals surface area contributed by atoms with E-state index in [2.05, 4.69) is 36.5 Å². The first-order valence-corrected chi connectivity index (χ1v) is 8.22. The third-order valence-corrected chi connectivity index (χ3v) is 4.29. The second kappa shape index (κ2) is 7.04. The average Bonchev–Trinajstić information content (AvgIpc) is 3.21. The van der Waals surface area contributed by atoms with Gasteiger partial charge in [-0.2, -0.15) is 5.10 Å². The zero-order valence-corrected chi connectivity index (χ0v) is 14.0. The Morgan fingerprint density at radius 2 is 2.32 bits per heavy atom. The molecule has 1 fully saturated rings. The molecule has 0 saturated carbocycles. The molecule has 4 heterocycles. The van der Waals surface area contributed by atoms with Crippen LogP contribution in [0.4, 0.5) is 0 Å². The van der Waals surface area contributed by atoms with Crippen molar-refractivity contribution in [3.63, 3.8) is 0 Å². The molecule has 130 valence electrons. The number of ether oxygens (including phenoxy) is 2. The van der Waals surface area contributed by atoms with Crippen molar-refractivity contribution in [1.29, 1.82) is 0 Å². The van der Waals surface area contributed by atoms with Gasteiger partial charge in [-0.25, -0.2) is 4.98 Å². The molecule has 1 atom stereocenters. The fourth-order valence-electron chi connectivity index (χ4n) is 2.97. The van der Waals surface area contributed by atoms with Crippen molar-refractivity contribution < 1.29 is 9.47 Å². The van der Waals surface area contributed by atoms with E-state index in [1.807, 2.05) is 18.3 Å². The Kier molecular flexibility index (Phi) is 4.45. The lowest BCUT2D eigenvalue weighted by Crippen LogP contribution is -2.50. The van der Waals surface area contributed by atoms with Gasteiger partial charge in [0.25, 0.3) is 0 Å². The van der Waals surface area contributed by atoms with Crippen molar-refractivity contribution in [2.45, 2.75) is 6.23 Å². The first-order chi connectivity index (χ1) is 12.3. The third kappa shape index (κ3) is 3.26. The van der Waals surface area contributed by atoms with E-state index in [1.165, 1.54) is 6.33 Å². The van der Waals surface area contributed by atoms with Crippen molar-refractivity contribution in [2.24, 2.45) is 0 Å². The number of hydrogen-bond donors (Lipinski definition) is 2. The highest BCUT2D eigenvalue weighted by Crippen LogP contribution is 2.27. The van der Waals surface area contributed by atoms with Gasteiger partial charge in [-0.1, -0.05) is 6.07 Å². The lowest BCUT2D eigenvalue weighted by molar-refractivity contribution is 0.0685. The van der Waals surface area contributed by atoms with Gasteiger partial charge in [-0.15, -0.1) is 0 Å². The molecule has 0 spiro atoms. The Balaban J connectivity index is 1.56. The predicted octanol–water partition coefficient (Wildman–Crippen LogP) is 0.999. The molecule has 1 saturated heterocycles. The predicted molar refractivity (Wildman–Crippen MR) is 92.0 cm³/mol. The fourth-order valence-corrected chi connectivity index (χ4v) is 2.97. The minimum atomic E-state index is -0.102. The SMILES string of the molecule is COCCN1CCNC2OC=C(c3ccc(-c4nc[nH]n4)nc3)C=C21. The summed E-state index contributed by atoms with van der Waals surface area (Å²) in [7, 11) is 1.72. The summed E-state index contributed by atoms with van der Waals surface area (Å²) in [5.74, 6) is 0.584. The standard InChI is InChI=1S/C17H20N6O2/c1-24-7-6-23-5-4-18-17-15(23)8-13(10-25-17)12-2-3-14(19-9-12)16-20-11-21-22-16/h2-3,8-11,17-18H,4-7H2,1H3,(H,20,21,22). The lowest BCUT2D eigenvalue weighted by Gasteiger charge is -2.39. The molecular weight excluding hydrogens is 320 g/mol. The molecule has 25 heavy (non-hydrogen) atoms. The van der Waals surface area contributed by atoms with Gasteiger partial charge >= 0.3 is 0 Å². The number of hydrogen-bond acceptors (Lipinski definition) is 7. The van der Waals surface area contributed by atoms with Gasteiger partial charge in [0.1, 0.15) is 12.0 Å². The molecular formula is C17H20N6O2. The third-order valence-electron chi connectivity index (χ3n) is 4.29. The first-order valence-electron chi connectivity index (χ1n) is 8.22. The van der Waals surface area contributed by atoms with Crippen LogP contribution in [0.2, 0.25) is 0 Å². The summed E-state index contributed by atoms with van der Waals surface area (Å²) in [6.45, 7) is 3.36. The largest absolute Gasteiger partial charge is 0.477 e. The molecule has 2 N–H and O–H groups in total. The molecule has 0 aliphatic carbocycles. The van der Waals surface area contributed by atoms with E-state index in [0.29, 0.717) is 12.4 Å². The van der Waals surface area contributed by atoms with Crippen molar-refractivity contribution in [1.82, 2.24) is 30.4 Å². The summed E-state index contributed by atoms with van der Waals surface area (Å²) in [6, 6.07) is 3.91. The minimum Gasteiger partial charge on any atom is -0.477 e. The molecule has 4 rings (SSSR count). The Hall–Kier alpha value is -2.71. The Labute approximate surface area is 145 Å². The summed E-state index contributed by atoms with van der Waals surface area (Å²) < 4.78 is 11.1. The maximum Gasteiger partial charge on any atom is 0.199 e. The number of aromatic nitrogens is 4. The highest BCUT2D eigenvalue weighted by atomic mass is 16.5. The molecule has 0 amide bonds. The summed E-state index contributed by atoms with van der Waals surface area (Å²) >= 11 is 0. The average molecular weight is 340 g/mol. The molecule has 2 aromatic heterocycles. The van der Waals surface area contributed by atoms with Crippen molar-refractivity contribution in [2.75, 3.05) is 33.4 Å². The normalized spacial score (nSPS) is 19.7. The maximum absolute atomic E-state index is 5.88. The van der Waals surface area contributed by atoms with Crippen LogP contribution in [0.1, 0.15) is 5.56 Å².